The molecule has 12 heteroatoms. The van der Waals surface area contributed by atoms with E-state index in [2.05, 4.69) is 14.9 Å². The van der Waals surface area contributed by atoms with Crippen molar-refractivity contribution < 1.29 is 27.8 Å². The quantitative estimate of drug-likeness (QED) is 0.588. The summed E-state index contributed by atoms with van der Waals surface area (Å²) in [4.78, 5) is 39.4. The zero-order valence-electron chi connectivity index (χ0n) is 21.9. The molecule has 3 saturated heterocycles. The van der Waals surface area contributed by atoms with Gasteiger partial charge in [-0.25, -0.2) is 18.7 Å². The number of carbonyl (C=O) groups is 2. The van der Waals surface area contributed by atoms with Crippen molar-refractivity contribution in [1.82, 2.24) is 24.7 Å². The number of hydrogen-bond donors (Lipinski definition) is 1. The lowest BCUT2D eigenvalue weighted by atomic mass is 9.90. The second-order valence-corrected chi connectivity index (χ2v) is 10.3. The van der Waals surface area contributed by atoms with E-state index < -0.39 is 17.4 Å². The molecule has 5 rings (SSSR count). The topological polar surface area (TPSA) is 114 Å². The summed E-state index contributed by atoms with van der Waals surface area (Å²) in [7, 11) is 0. The van der Waals surface area contributed by atoms with E-state index in [9.17, 15) is 14.0 Å². The second kappa shape index (κ2) is 11.8. The minimum atomic E-state index is -1.89. The van der Waals surface area contributed by atoms with Gasteiger partial charge in [0.1, 0.15) is 17.7 Å². The number of rotatable bonds is 6. The maximum atomic E-state index is 15.7. The Hall–Kier alpha value is -3.38. The van der Waals surface area contributed by atoms with Crippen molar-refractivity contribution in [1.29, 1.82) is 0 Å². The van der Waals surface area contributed by atoms with Gasteiger partial charge in [-0.05, 0) is 18.2 Å². The molecule has 1 aromatic heterocycles. The highest BCUT2D eigenvalue weighted by molar-refractivity contribution is 5.97. The predicted molar refractivity (Wildman–Crippen MR) is 138 cm³/mol. The maximum absolute atomic E-state index is 15.7. The maximum Gasteiger partial charge on any atom is 0.260 e. The van der Waals surface area contributed by atoms with Crippen molar-refractivity contribution in [2.24, 2.45) is 0 Å². The van der Waals surface area contributed by atoms with E-state index in [1.807, 2.05) is 0 Å². The molecule has 0 unspecified atom stereocenters. The average Bonchev–Trinajstić information content (AvgIpc) is 2.96. The normalized spacial score (nSPS) is 20.6. The third kappa shape index (κ3) is 6.44. The summed E-state index contributed by atoms with van der Waals surface area (Å²) >= 11 is 0. The van der Waals surface area contributed by atoms with Crippen molar-refractivity contribution >= 4 is 17.8 Å². The molecule has 0 spiro atoms. The highest BCUT2D eigenvalue weighted by Crippen LogP contribution is 2.32. The van der Waals surface area contributed by atoms with E-state index in [1.165, 1.54) is 18.2 Å². The molecule has 2 N–H and O–H groups in total. The molecular formula is C27H34F2N6O4. The number of alkyl halides is 1. The Bertz CT molecular complexity index is 1160. The SMILES string of the molecule is Nc1ncc(CN2CCC(F)(C(=O)N3CCC(Oc4ccc(F)cc4C(=O)N4CCOCC4)CC3)CC2)cn1. The summed E-state index contributed by atoms with van der Waals surface area (Å²) in [6.07, 6.45) is 4.28. The molecule has 210 valence electrons. The Balaban J connectivity index is 1.13. The zero-order chi connectivity index (χ0) is 27.4. The van der Waals surface area contributed by atoms with Gasteiger partial charge in [-0.3, -0.25) is 14.5 Å². The van der Waals surface area contributed by atoms with Crippen molar-refractivity contribution in [2.75, 3.05) is 58.2 Å². The number of hydrogen-bond acceptors (Lipinski definition) is 8. The molecule has 0 radical (unpaired) electrons. The van der Waals surface area contributed by atoms with Crippen LogP contribution in [0.4, 0.5) is 14.7 Å². The Labute approximate surface area is 226 Å². The Kier molecular flexibility index (Phi) is 8.22. The fourth-order valence-corrected chi connectivity index (χ4v) is 5.33. The highest BCUT2D eigenvalue weighted by Gasteiger charge is 2.45. The fraction of sp³-hybridized carbons (Fsp3) is 0.556. The standard InChI is InChI=1S/C27H34F2N6O4/c28-20-1-2-23(22(15-20)24(36)34-11-13-38-14-12-34)39-21-3-7-35(8-4-21)25(37)27(29)5-9-33(10-6-27)18-19-16-31-26(30)32-17-19/h1-2,15-17,21H,3-14,18H2,(H2,30,31,32). The van der Waals surface area contributed by atoms with Gasteiger partial charge in [0.15, 0.2) is 5.67 Å². The third-order valence-corrected chi connectivity index (χ3v) is 7.66. The first-order chi connectivity index (χ1) is 18.8. The number of ether oxygens (including phenoxy) is 2. The number of nitrogen functional groups attached to an aromatic ring is 1. The van der Waals surface area contributed by atoms with Gasteiger partial charge >= 0.3 is 0 Å². The first kappa shape index (κ1) is 27.2. The van der Waals surface area contributed by atoms with E-state index in [-0.39, 0.29) is 36.4 Å². The smallest absolute Gasteiger partial charge is 0.260 e. The predicted octanol–water partition coefficient (Wildman–Crippen LogP) is 2.04. The van der Waals surface area contributed by atoms with Crippen LogP contribution in [0.2, 0.25) is 0 Å². The van der Waals surface area contributed by atoms with Crippen LogP contribution in [0.25, 0.3) is 0 Å². The lowest BCUT2D eigenvalue weighted by molar-refractivity contribution is -0.149. The number of anilines is 1. The average molecular weight is 545 g/mol. The van der Waals surface area contributed by atoms with E-state index in [0.29, 0.717) is 77.6 Å². The van der Waals surface area contributed by atoms with Gasteiger partial charge < -0.3 is 25.0 Å². The fourth-order valence-electron chi connectivity index (χ4n) is 5.33. The number of aromatic nitrogens is 2. The Morgan fingerprint density at radius 1 is 1.03 bits per heavy atom. The lowest BCUT2D eigenvalue weighted by Gasteiger charge is -2.40. The number of likely N-dealkylation sites (tertiary alicyclic amines) is 2. The summed E-state index contributed by atoms with van der Waals surface area (Å²) in [5.74, 6) is -0.755. The molecule has 0 saturated carbocycles. The number of piperidine rings is 2. The van der Waals surface area contributed by atoms with Crippen LogP contribution in [0.5, 0.6) is 5.75 Å². The third-order valence-electron chi connectivity index (χ3n) is 7.66. The second-order valence-electron chi connectivity index (χ2n) is 10.3. The van der Waals surface area contributed by atoms with Crippen LogP contribution in [-0.4, -0.2) is 101 Å². The van der Waals surface area contributed by atoms with Crippen LogP contribution < -0.4 is 10.5 Å². The van der Waals surface area contributed by atoms with Crippen LogP contribution in [0, 0.1) is 5.82 Å². The van der Waals surface area contributed by atoms with Gasteiger partial charge in [0.2, 0.25) is 5.95 Å². The summed E-state index contributed by atoms with van der Waals surface area (Å²) in [6, 6.07) is 3.94. The number of benzene rings is 1. The molecule has 1 aromatic carbocycles. The largest absolute Gasteiger partial charge is 0.489 e. The summed E-state index contributed by atoms with van der Waals surface area (Å²) < 4.78 is 41.2. The van der Waals surface area contributed by atoms with Gasteiger partial charge in [0.25, 0.3) is 11.8 Å². The van der Waals surface area contributed by atoms with E-state index in [1.54, 1.807) is 22.2 Å². The van der Waals surface area contributed by atoms with Crippen molar-refractivity contribution in [3.8, 4) is 5.75 Å². The molecule has 3 fully saturated rings. The van der Waals surface area contributed by atoms with Crippen LogP contribution in [-0.2, 0) is 16.1 Å². The van der Waals surface area contributed by atoms with Gasteiger partial charge in [-0.1, -0.05) is 0 Å². The number of nitrogens with zero attached hydrogens (tertiary/aromatic N) is 5. The molecule has 3 aliphatic heterocycles. The van der Waals surface area contributed by atoms with E-state index >= 15 is 4.39 Å². The van der Waals surface area contributed by atoms with Gasteiger partial charge in [-0.15, -0.1) is 0 Å². The van der Waals surface area contributed by atoms with Crippen molar-refractivity contribution in [3.05, 3.63) is 47.5 Å². The summed E-state index contributed by atoms with van der Waals surface area (Å²) in [6.45, 7) is 3.96. The van der Waals surface area contributed by atoms with Gasteiger partial charge in [0.05, 0.1) is 18.8 Å². The molecular weight excluding hydrogens is 510 g/mol. The number of nitrogens with two attached hydrogens (primary N) is 1. The number of amides is 2. The molecule has 3 aliphatic rings. The van der Waals surface area contributed by atoms with Crippen LogP contribution in [0.15, 0.2) is 30.6 Å². The van der Waals surface area contributed by atoms with Crippen LogP contribution in [0.3, 0.4) is 0 Å². The number of morpholine rings is 1. The summed E-state index contributed by atoms with van der Waals surface area (Å²) in [5.41, 5.74) is 4.70. The molecule has 0 aliphatic carbocycles. The monoisotopic (exact) mass is 544 g/mol. The molecule has 10 nitrogen and oxygen atoms in total. The molecule has 39 heavy (non-hydrogen) atoms. The van der Waals surface area contributed by atoms with Crippen molar-refractivity contribution in [2.45, 2.75) is 44.0 Å². The van der Waals surface area contributed by atoms with E-state index in [0.717, 1.165) is 5.56 Å². The zero-order valence-corrected chi connectivity index (χ0v) is 21.9. The summed E-state index contributed by atoms with van der Waals surface area (Å²) in [5, 5.41) is 0. The molecule has 2 amide bonds. The minimum absolute atomic E-state index is 0.126. The molecule has 0 atom stereocenters. The Morgan fingerprint density at radius 2 is 1.69 bits per heavy atom. The highest BCUT2D eigenvalue weighted by atomic mass is 19.1. The first-order valence-electron chi connectivity index (χ1n) is 13.4. The van der Waals surface area contributed by atoms with Crippen molar-refractivity contribution in [3.63, 3.8) is 0 Å². The van der Waals surface area contributed by atoms with Crippen LogP contribution >= 0.6 is 0 Å². The molecule has 2 aromatic rings. The molecule has 0 bridgehead atoms. The minimum Gasteiger partial charge on any atom is -0.489 e. The van der Waals surface area contributed by atoms with Crippen LogP contribution in [0.1, 0.15) is 41.6 Å². The Morgan fingerprint density at radius 3 is 2.36 bits per heavy atom. The number of carbonyl (C=O) groups excluding carboxylic acids is 2. The van der Waals surface area contributed by atoms with Gasteiger partial charge in [0, 0.05) is 89.5 Å². The lowest BCUT2D eigenvalue weighted by Crippen LogP contribution is -2.54. The first-order valence-corrected chi connectivity index (χ1v) is 13.4. The molecule has 4 heterocycles. The van der Waals surface area contributed by atoms with E-state index in [4.69, 9.17) is 15.2 Å². The van der Waals surface area contributed by atoms with Gasteiger partial charge in [-0.2, -0.15) is 0 Å². The number of halogens is 2.